The molecule has 0 aliphatic carbocycles. The molecule has 2 aromatic carbocycles. The molecule has 2 heterocycles. The number of aromatic nitrogens is 3. The minimum Gasteiger partial charge on any atom is -0.491 e. The summed E-state index contributed by atoms with van der Waals surface area (Å²) in [4.78, 5) is 33.3. The van der Waals surface area contributed by atoms with Gasteiger partial charge in [0, 0.05) is 54.3 Å². The summed E-state index contributed by atoms with van der Waals surface area (Å²) in [5, 5.41) is 7.98. The second kappa shape index (κ2) is 12.0. The first-order valence-electron chi connectivity index (χ1n) is 11.5. The van der Waals surface area contributed by atoms with E-state index in [0.29, 0.717) is 40.1 Å². The Labute approximate surface area is 213 Å². The Morgan fingerprint density at radius 2 is 1.81 bits per heavy atom. The Bertz CT molecular complexity index is 1270. The Hall–Kier alpha value is -4.18. The number of amides is 2. The SMILES string of the molecule is CC(C)Oc1cc(Oc2ccc(C(=O)NCCCn3ccnc3)cc2)cc(C(=O)Nc2nccs2)c1. The van der Waals surface area contributed by atoms with Crippen LogP contribution in [0.3, 0.4) is 0 Å². The van der Waals surface area contributed by atoms with Crippen molar-refractivity contribution >= 4 is 28.3 Å². The quantitative estimate of drug-likeness (QED) is 0.278. The van der Waals surface area contributed by atoms with Gasteiger partial charge in [-0.15, -0.1) is 11.3 Å². The number of ether oxygens (including phenoxy) is 2. The second-order valence-corrected chi connectivity index (χ2v) is 9.08. The number of rotatable bonds is 11. The predicted octanol–water partition coefficient (Wildman–Crippen LogP) is 4.99. The Morgan fingerprint density at radius 1 is 1.00 bits per heavy atom. The van der Waals surface area contributed by atoms with E-state index in [-0.39, 0.29) is 17.9 Å². The number of hydrogen-bond acceptors (Lipinski definition) is 7. The second-order valence-electron chi connectivity index (χ2n) is 8.19. The maximum atomic E-state index is 12.7. The zero-order valence-corrected chi connectivity index (χ0v) is 20.8. The van der Waals surface area contributed by atoms with Crippen LogP contribution >= 0.6 is 11.3 Å². The number of carbonyl (C=O) groups is 2. The molecular weight excluding hydrogens is 478 g/mol. The molecule has 0 fully saturated rings. The molecule has 2 N–H and O–H groups in total. The zero-order chi connectivity index (χ0) is 25.3. The van der Waals surface area contributed by atoms with Gasteiger partial charge in [-0.1, -0.05) is 0 Å². The first-order valence-corrected chi connectivity index (χ1v) is 12.4. The molecule has 186 valence electrons. The van der Waals surface area contributed by atoms with Crippen LogP contribution < -0.4 is 20.1 Å². The van der Waals surface area contributed by atoms with Gasteiger partial charge in [0.15, 0.2) is 5.13 Å². The highest BCUT2D eigenvalue weighted by atomic mass is 32.1. The van der Waals surface area contributed by atoms with E-state index in [1.165, 1.54) is 11.3 Å². The maximum Gasteiger partial charge on any atom is 0.257 e. The lowest BCUT2D eigenvalue weighted by Gasteiger charge is -2.14. The molecule has 9 nitrogen and oxygen atoms in total. The van der Waals surface area contributed by atoms with Gasteiger partial charge in [-0.05, 0) is 56.7 Å². The highest BCUT2D eigenvalue weighted by Gasteiger charge is 2.14. The van der Waals surface area contributed by atoms with Crippen molar-refractivity contribution in [3.8, 4) is 17.2 Å². The van der Waals surface area contributed by atoms with Crippen LogP contribution in [-0.4, -0.2) is 39.0 Å². The van der Waals surface area contributed by atoms with Gasteiger partial charge in [0.05, 0.1) is 12.4 Å². The molecular formula is C26H27N5O4S. The fraction of sp³-hybridized carbons (Fsp3) is 0.231. The molecule has 0 saturated carbocycles. The molecule has 10 heteroatoms. The molecule has 0 bridgehead atoms. The van der Waals surface area contributed by atoms with Crippen molar-refractivity contribution in [2.24, 2.45) is 0 Å². The van der Waals surface area contributed by atoms with E-state index < -0.39 is 0 Å². The highest BCUT2D eigenvalue weighted by Crippen LogP contribution is 2.29. The molecule has 4 rings (SSSR count). The number of benzene rings is 2. The van der Waals surface area contributed by atoms with Crippen LogP contribution in [0.4, 0.5) is 5.13 Å². The molecule has 0 spiro atoms. The van der Waals surface area contributed by atoms with Crippen molar-refractivity contribution in [2.75, 3.05) is 11.9 Å². The van der Waals surface area contributed by atoms with Crippen molar-refractivity contribution in [2.45, 2.75) is 32.9 Å². The van der Waals surface area contributed by atoms with Gasteiger partial charge in [-0.25, -0.2) is 9.97 Å². The van der Waals surface area contributed by atoms with Gasteiger partial charge in [0.1, 0.15) is 17.2 Å². The molecule has 36 heavy (non-hydrogen) atoms. The Balaban J connectivity index is 1.39. The van der Waals surface area contributed by atoms with Gasteiger partial charge < -0.3 is 19.4 Å². The molecule has 0 aliphatic heterocycles. The summed E-state index contributed by atoms with van der Waals surface area (Å²) in [7, 11) is 0. The number of anilines is 1. The van der Waals surface area contributed by atoms with E-state index in [4.69, 9.17) is 9.47 Å². The maximum absolute atomic E-state index is 12.7. The van der Waals surface area contributed by atoms with Crippen LogP contribution in [0, 0.1) is 0 Å². The number of carbonyl (C=O) groups excluding carboxylic acids is 2. The van der Waals surface area contributed by atoms with Crippen molar-refractivity contribution in [3.63, 3.8) is 0 Å². The van der Waals surface area contributed by atoms with Crippen LogP contribution in [0.1, 0.15) is 41.0 Å². The molecule has 4 aromatic rings. The lowest BCUT2D eigenvalue weighted by molar-refractivity contribution is 0.0951. The first kappa shape index (κ1) is 24.9. The molecule has 0 unspecified atom stereocenters. The summed E-state index contributed by atoms with van der Waals surface area (Å²) in [6.45, 7) is 5.16. The van der Waals surface area contributed by atoms with Gasteiger partial charge in [0.2, 0.25) is 0 Å². The Morgan fingerprint density at radius 3 is 2.50 bits per heavy atom. The lowest BCUT2D eigenvalue weighted by atomic mass is 10.1. The summed E-state index contributed by atoms with van der Waals surface area (Å²) in [6.07, 6.45) is 7.72. The third kappa shape index (κ3) is 7.16. The summed E-state index contributed by atoms with van der Waals surface area (Å²) in [5.41, 5.74) is 0.912. The highest BCUT2D eigenvalue weighted by molar-refractivity contribution is 7.13. The van der Waals surface area contributed by atoms with Crippen molar-refractivity contribution in [1.82, 2.24) is 19.9 Å². The van der Waals surface area contributed by atoms with E-state index in [9.17, 15) is 9.59 Å². The van der Waals surface area contributed by atoms with Crippen LogP contribution in [0.5, 0.6) is 17.2 Å². The lowest BCUT2D eigenvalue weighted by Crippen LogP contribution is -2.25. The third-order valence-corrected chi connectivity index (χ3v) is 5.65. The third-order valence-electron chi connectivity index (χ3n) is 4.96. The monoisotopic (exact) mass is 505 g/mol. The largest absolute Gasteiger partial charge is 0.491 e. The van der Waals surface area contributed by atoms with E-state index in [1.807, 2.05) is 24.6 Å². The van der Waals surface area contributed by atoms with Gasteiger partial charge in [-0.3, -0.25) is 14.9 Å². The number of imidazole rings is 1. The van der Waals surface area contributed by atoms with Crippen molar-refractivity contribution < 1.29 is 19.1 Å². The van der Waals surface area contributed by atoms with Crippen LogP contribution in [0.25, 0.3) is 0 Å². The topological polar surface area (TPSA) is 107 Å². The summed E-state index contributed by atoms with van der Waals surface area (Å²) in [5.74, 6) is 1.01. The summed E-state index contributed by atoms with van der Waals surface area (Å²) >= 11 is 1.33. The van der Waals surface area contributed by atoms with E-state index in [2.05, 4.69) is 20.6 Å². The van der Waals surface area contributed by atoms with Crippen molar-refractivity contribution in [1.29, 1.82) is 0 Å². The molecule has 0 saturated heterocycles. The molecule has 0 aliphatic rings. The van der Waals surface area contributed by atoms with Crippen molar-refractivity contribution in [3.05, 3.63) is 83.9 Å². The number of aryl methyl sites for hydroxylation is 1. The first-order chi connectivity index (χ1) is 17.5. The molecule has 2 aromatic heterocycles. The standard InChI is InChI=1S/C26H27N5O4S/c1-18(2)34-22-14-20(25(33)30-26-29-10-13-36-26)15-23(16-22)35-21-6-4-19(5-7-21)24(32)28-8-3-11-31-12-9-27-17-31/h4-7,9-10,12-18H,3,8,11H2,1-2H3,(H,28,32)(H,29,30,33). The number of nitrogens with one attached hydrogen (secondary N) is 2. The molecule has 0 radical (unpaired) electrons. The summed E-state index contributed by atoms with van der Waals surface area (Å²) in [6, 6.07) is 11.8. The Kier molecular flexibility index (Phi) is 8.30. The zero-order valence-electron chi connectivity index (χ0n) is 20.0. The van der Waals surface area contributed by atoms with E-state index >= 15 is 0 Å². The fourth-order valence-electron chi connectivity index (χ4n) is 3.35. The summed E-state index contributed by atoms with van der Waals surface area (Å²) < 4.78 is 13.8. The van der Waals surface area contributed by atoms with Gasteiger partial charge in [0.25, 0.3) is 11.8 Å². The smallest absolute Gasteiger partial charge is 0.257 e. The number of nitrogens with zero attached hydrogens (tertiary/aromatic N) is 3. The number of thiazole rings is 1. The van der Waals surface area contributed by atoms with E-state index in [1.54, 1.807) is 66.6 Å². The molecule has 0 atom stereocenters. The van der Waals surface area contributed by atoms with Crippen LogP contribution in [0.2, 0.25) is 0 Å². The average molecular weight is 506 g/mol. The predicted molar refractivity (Wildman–Crippen MR) is 138 cm³/mol. The van der Waals surface area contributed by atoms with Gasteiger partial charge in [-0.2, -0.15) is 0 Å². The molecule has 2 amide bonds. The minimum atomic E-state index is -0.316. The fourth-order valence-corrected chi connectivity index (χ4v) is 3.88. The van der Waals surface area contributed by atoms with Crippen LogP contribution in [-0.2, 0) is 6.54 Å². The minimum absolute atomic E-state index is 0.0760. The number of hydrogen-bond donors (Lipinski definition) is 2. The normalized spacial score (nSPS) is 10.8. The average Bonchev–Trinajstić information content (AvgIpc) is 3.56. The van der Waals surface area contributed by atoms with E-state index in [0.717, 1.165) is 13.0 Å². The van der Waals surface area contributed by atoms with Crippen LogP contribution in [0.15, 0.2) is 72.8 Å². The van der Waals surface area contributed by atoms with Gasteiger partial charge >= 0.3 is 0 Å².